The van der Waals surface area contributed by atoms with E-state index in [2.05, 4.69) is 52.9 Å². The van der Waals surface area contributed by atoms with Crippen molar-refractivity contribution in [1.82, 2.24) is 78.9 Å². The van der Waals surface area contributed by atoms with Crippen LogP contribution >= 0.6 is 58.0 Å². The van der Waals surface area contributed by atoms with Gasteiger partial charge in [-0.3, -0.25) is 62.7 Å². The standard InChI is InChI=1S/C25H21ClN4O2.C23H22ClN3O3.C22H20ClN3O3.2C22H22ClN3O2.4H2/c26-21-7-8-22-20(14-21)15-23(28-22)25(32)30-12-10-29(11-13-30)24(31)18-5-3-17(4-6-18)19-2-1-9-27-16-19;1-15(30-2)16-4-3-5-17(12-16)22(28)26-8-10-27(11-9-26)23(29)21-14-18-13-19(24)6-7-20(18)25-21;1-14(27)15-2-4-16(5-3-15)21(28)25-8-10-26(11-9-25)22(29)20-13-17-12-18(23)6-7-19(17)24-20;1-15(27)17-4-2-16(3-5-17)14-25-8-10-26(11-9-25)22(28)21-13-18-12-19(23)6-7-20(18)24-21;1-15(27)17-4-2-3-16(11-17)14-25-7-9-26(10-8-25)22(28)21-13-18-12-19(23)5-6-20(18)24-21;;;;/h1-9,14-16,28H,10-13H2;3-7,12-14,25H,1,8-11H2,2H3;2-7,12-13,24H,8-11H2,1H3;2-7,12-13,24H,8-11,14H2,1H3;2-6,11-13,24,27H,1,7-10,14H2;4*1H. The summed E-state index contributed by atoms with van der Waals surface area (Å²) in [5.41, 5.74) is 16.1. The maximum Gasteiger partial charge on any atom is 0.270 e. The second-order valence-electron chi connectivity index (χ2n) is 36.5. The first-order chi connectivity index (χ1) is 70.9. The number of piperazine rings is 5. The Kier molecular flexibility index (Phi) is 32.8. The highest BCUT2D eigenvalue weighted by molar-refractivity contribution is 6.33. The molecule has 10 aromatic carbocycles. The maximum absolute atomic E-state index is 12.9. The number of rotatable bonds is 18. The Labute approximate surface area is 879 Å². The first-order valence-electron chi connectivity index (χ1n) is 48.2. The van der Waals surface area contributed by atoms with E-state index in [0.717, 1.165) is 127 Å². The number of aliphatic hydroxyl groups excluding tert-OH is 1. The molecule has 147 heavy (non-hydrogen) atoms. The van der Waals surface area contributed by atoms with E-state index in [9.17, 15) is 53.1 Å². The minimum Gasteiger partial charge on any atom is -0.508 e. The van der Waals surface area contributed by atoms with Crippen LogP contribution in [0.5, 0.6) is 0 Å². The molecule has 6 aromatic heterocycles. The number of benzene rings is 10. The summed E-state index contributed by atoms with van der Waals surface area (Å²) in [6.07, 6.45) is 3.54. The van der Waals surface area contributed by atoms with Gasteiger partial charge in [-0.05, 0) is 206 Å². The summed E-state index contributed by atoms with van der Waals surface area (Å²) in [4.78, 5) is 165. The number of hydrogen-bond acceptors (Lipinski definition) is 15. The molecule has 0 unspecified atom stereocenters. The molecule has 758 valence electrons. The minimum atomic E-state index is -0.0903. The number of pyridine rings is 1. The number of Topliss-reactive ketones (excluding diaryl/α,β-unsaturated/α-hetero) is 2. The van der Waals surface area contributed by atoms with E-state index in [4.69, 9.17) is 62.7 Å². The molecule has 5 aliphatic heterocycles. The normalized spacial score (nSPS) is 14.5. The highest BCUT2D eigenvalue weighted by atomic mass is 35.5. The van der Waals surface area contributed by atoms with Crippen molar-refractivity contribution in [3.05, 3.63) is 384 Å². The largest absolute Gasteiger partial charge is 0.508 e. The molecule has 33 heteroatoms. The number of ketones is 2. The van der Waals surface area contributed by atoms with Crippen LogP contribution in [0.2, 0.25) is 25.1 Å². The molecule has 0 aliphatic carbocycles. The molecule has 28 nitrogen and oxygen atoms in total. The van der Waals surface area contributed by atoms with Crippen molar-refractivity contribution in [2.45, 2.75) is 26.9 Å². The van der Waals surface area contributed by atoms with Crippen LogP contribution in [-0.2, 0) is 17.8 Å². The van der Waals surface area contributed by atoms with Gasteiger partial charge in [-0.2, -0.15) is 0 Å². The van der Waals surface area contributed by atoms with E-state index in [1.54, 1.807) is 116 Å². The number of carbonyl (C=O) groups is 10. The number of aromatic amines is 5. The number of ether oxygens (including phenoxy) is 1. The number of H-pyrrole nitrogens is 5. The van der Waals surface area contributed by atoms with Crippen molar-refractivity contribution < 1.29 is 63.5 Å². The Bertz CT molecular complexity index is 7660. The highest BCUT2D eigenvalue weighted by Gasteiger charge is 2.33. The summed E-state index contributed by atoms with van der Waals surface area (Å²) in [7, 11) is 1.55. The first-order valence-corrected chi connectivity index (χ1v) is 50.1. The summed E-state index contributed by atoms with van der Waals surface area (Å²) >= 11 is 30.1. The Morgan fingerprint density at radius 1 is 0.299 bits per heavy atom. The summed E-state index contributed by atoms with van der Waals surface area (Å²) in [5, 5.41) is 17.4. The third-order valence-corrected chi connectivity index (χ3v) is 27.9. The van der Waals surface area contributed by atoms with Gasteiger partial charge in [0, 0.05) is 281 Å². The fourth-order valence-corrected chi connectivity index (χ4v) is 19.3. The van der Waals surface area contributed by atoms with Gasteiger partial charge in [-0.15, -0.1) is 0 Å². The number of amides is 8. The number of halogens is 5. The molecule has 0 radical (unpaired) electrons. The van der Waals surface area contributed by atoms with Gasteiger partial charge in [-0.25, -0.2) is 0 Å². The van der Waals surface area contributed by atoms with Crippen molar-refractivity contribution in [1.29, 1.82) is 0 Å². The van der Waals surface area contributed by atoms with Gasteiger partial charge in [-0.1, -0.05) is 156 Å². The van der Waals surface area contributed by atoms with Gasteiger partial charge in [0.2, 0.25) is 0 Å². The molecule has 5 aliphatic rings. The van der Waals surface area contributed by atoms with Crippen molar-refractivity contribution >= 4 is 183 Å². The van der Waals surface area contributed by atoms with E-state index in [1.165, 1.54) is 12.5 Å². The monoisotopic (exact) mass is 2070 g/mol. The second kappa shape index (κ2) is 46.8. The van der Waals surface area contributed by atoms with E-state index in [-0.39, 0.29) is 70.3 Å². The highest BCUT2D eigenvalue weighted by Crippen LogP contribution is 2.31. The third-order valence-electron chi connectivity index (χ3n) is 26.7. The van der Waals surface area contributed by atoms with Gasteiger partial charge in [0.05, 0.1) is 7.11 Å². The molecule has 11 heterocycles. The van der Waals surface area contributed by atoms with Crippen LogP contribution in [0.15, 0.2) is 280 Å². The van der Waals surface area contributed by atoms with Gasteiger partial charge < -0.3 is 74.0 Å². The summed E-state index contributed by atoms with van der Waals surface area (Å²) < 4.78 is 5.15. The zero-order valence-corrected chi connectivity index (χ0v) is 84.9. The van der Waals surface area contributed by atoms with E-state index < -0.39 is 0 Å². The quantitative estimate of drug-likeness (QED) is 0.0343. The molecule has 21 rings (SSSR count). The summed E-state index contributed by atoms with van der Waals surface area (Å²) in [6.45, 7) is 23.9. The topological polar surface area (TPSA) is 324 Å². The average Bonchev–Trinajstić information content (AvgIpc) is 1.65. The fraction of sp³-hybridized carbons (Fsp3) is 0.219. The molecular formula is C114H115Cl5N16O12. The number of aromatic nitrogens is 6. The van der Waals surface area contributed by atoms with Gasteiger partial charge in [0.25, 0.3) is 47.3 Å². The first kappa shape index (κ1) is 103. The lowest BCUT2D eigenvalue weighted by Crippen LogP contribution is -2.50. The predicted molar refractivity (Wildman–Crippen MR) is 586 cm³/mol. The Hall–Kier alpha value is -15.4. The zero-order valence-electron chi connectivity index (χ0n) is 81.1. The number of hydrogen-bond donors (Lipinski definition) is 6. The molecule has 5 saturated heterocycles. The zero-order chi connectivity index (χ0) is 103. The van der Waals surface area contributed by atoms with Gasteiger partial charge in [0.15, 0.2) is 11.6 Å². The molecule has 6 N–H and O–H groups in total. The number of nitrogens with one attached hydrogen (secondary N) is 5. The Morgan fingerprint density at radius 2 is 0.585 bits per heavy atom. The number of aliphatic hydroxyl groups is 1. The fourth-order valence-electron chi connectivity index (χ4n) is 18.4. The van der Waals surface area contributed by atoms with Crippen molar-refractivity contribution in [2.75, 3.05) is 138 Å². The molecule has 5 fully saturated rings. The van der Waals surface area contributed by atoms with Crippen molar-refractivity contribution in [2.24, 2.45) is 0 Å². The van der Waals surface area contributed by atoms with E-state index in [0.29, 0.717) is 186 Å². The van der Waals surface area contributed by atoms with Crippen LogP contribution in [0.3, 0.4) is 0 Å². The molecule has 8 amide bonds. The Morgan fingerprint density at radius 3 is 0.905 bits per heavy atom. The van der Waals surface area contributed by atoms with Crippen LogP contribution in [0, 0.1) is 0 Å². The van der Waals surface area contributed by atoms with Gasteiger partial charge in [0.1, 0.15) is 40.0 Å². The van der Waals surface area contributed by atoms with Crippen molar-refractivity contribution in [3.8, 4) is 11.1 Å². The molecule has 0 bridgehead atoms. The van der Waals surface area contributed by atoms with Crippen LogP contribution in [-0.4, -0.2) is 281 Å². The number of methoxy groups -OCH3 is 1. The number of carbonyl (C=O) groups excluding carboxylic acids is 10. The SMILES string of the molecule is C=C(O)c1cccc(CN2CCN(C(=O)c3cc4cc(Cl)ccc4[nH]3)CC2)c1.C=C(OC)c1cccc(C(=O)N2CCN(C(=O)c3cc4cc(Cl)ccc4[nH]3)CC2)c1.CC(=O)c1ccc(C(=O)N2CCN(C(=O)c3cc4cc(Cl)ccc4[nH]3)CC2)cc1.CC(=O)c1ccc(CN2CCN(C(=O)c3cc4cc(Cl)ccc4[nH]3)CC2)cc1.O=C(c1ccc(-c2cccnc2)cc1)N1CCN(C(=O)c2cc3cc(Cl)ccc3[nH]2)CC1.[HH].[HH].[HH].[HH]. The Balaban J connectivity index is 0.000000156. The summed E-state index contributed by atoms with van der Waals surface area (Å²) in [5.74, 6) is 0.289. The molecule has 0 atom stereocenters. The molecule has 16 aromatic rings. The van der Waals surface area contributed by atoms with Crippen LogP contribution < -0.4 is 0 Å². The smallest absolute Gasteiger partial charge is 0.270 e. The van der Waals surface area contributed by atoms with Crippen molar-refractivity contribution in [3.63, 3.8) is 0 Å². The van der Waals surface area contributed by atoms with E-state index in [1.807, 2.05) is 204 Å². The lowest BCUT2D eigenvalue weighted by Gasteiger charge is -2.34. The lowest BCUT2D eigenvalue weighted by molar-refractivity contribution is 0.0533. The molecule has 0 saturated carbocycles. The van der Waals surface area contributed by atoms with Crippen LogP contribution in [0.25, 0.3) is 77.2 Å². The second-order valence-corrected chi connectivity index (χ2v) is 38.7. The number of fused-ring (bicyclic) bond motifs is 5. The minimum absolute atomic E-state index is 0. The van der Waals surface area contributed by atoms with Crippen LogP contribution in [0.1, 0.15) is 146 Å². The predicted octanol–water partition coefficient (Wildman–Crippen LogP) is 21.4. The van der Waals surface area contributed by atoms with Crippen LogP contribution in [0.4, 0.5) is 0 Å². The number of nitrogens with zero attached hydrogens (tertiary/aromatic N) is 11. The maximum atomic E-state index is 12.9. The molecule has 0 spiro atoms. The van der Waals surface area contributed by atoms with Gasteiger partial charge >= 0.3 is 0 Å². The third kappa shape index (κ3) is 25.4. The van der Waals surface area contributed by atoms with E-state index >= 15 is 0 Å². The molecular weight excluding hydrogens is 1960 g/mol. The lowest BCUT2D eigenvalue weighted by atomic mass is 10.0. The average molecular weight is 2080 g/mol. The summed E-state index contributed by atoms with van der Waals surface area (Å²) in [6, 6.07) is 77.6.